The van der Waals surface area contributed by atoms with E-state index in [1.54, 1.807) is 6.08 Å². The van der Waals surface area contributed by atoms with E-state index in [2.05, 4.69) is 99.0 Å². The van der Waals surface area contributed by atoms with Crippen LogP contribution in [-0.2, 0) is 27.9 Å². The zero-order chi connectivity index (χ0) is 53.6. The van der Waals surface area contributed by atoms with Crippen molar-refractivity contribution < 1.29 is 37.3 Å². The standard InChI is InChI=1S/C63H101N2O7P/c1-7-10-13-16-19-22-25-27-29-31-32-34-36-38-41-44-47-50-53-56-63(67)72-61(54-51-48-45-42-39-24-21-18-15-12-9-3)60(59-71-73(68,69)70-58-57-65(4,5)6)64-62(66)55-52-49-46-43-40-37-35-33-30-28-26-23-20-17-14-11-8-2/h10-11,13-14,17,19-20,22-23,26-30,32-35,37-38,40-41,47,50-51,54,60-61H,7-9,12,15-16,18,21,24-25,31,36,39,42-46,48-49,52-53,55-59H2,1-6H3,(H-,64,66,68,69)/p+1/b13-10-,14-11-,20-17+,22-19-,26-23+,29-27-,30-28-,34-32-,35-33+,40-37+,41-38-,50-47-,54-51+. The average Bonchev–Trinajstić information content (AvgIpc) is 3.35. The molecule has 0 saturated heterocycles. The van der Waals surface area contributed by atoms with Gasteiger partial charge in [-0.05, 0) is 89.5 Å². The third-order valence-corrected chi connectivity index (χ3v) is 12.1. The van der Waals surface area contributed by atoms with Gasteiger partial charge in [0.2, 0.25) is 5.91 Å². The molecule has 0 aliphatic carbocycles. The summed E-state index contributed by atoms with van der Waals surface area (Å²) < 4.78 is 30.5. The highest BCUT2D eigenvalue weighted by Crippen LogP contribution is 2.43. The number of phosphoric acid groups is 1. The Hall–Kier alpha value is -4.37. The Balaban J connectivity index is 5.57. The molecule has 1 amide bonds. The lowest BCUT2D eigenvalue weighted by atomic mass is 10.1. The molecule has 3 atom stereocenters. The van der Waals surface area contributed by atoms with Crippen LogP contribution < -0.4 is 5.32 Å². The predicted molar refractivity (Wildman–Crippen MR) is 313 cm³/mol. The number of likely N-dealkylation sites (N-methyl/N-ethyl adjacent to an activating group) is 1. The van der Waals surface area contributed by atoms with E-state index in [0.29, 0.717) is 23.9 Å². The number of allylic oxidation sites excluding steroid dienone is 25. The number of ether oxygens (including phenoxy) is 1. The van der Waals surface area contributed by atoms with Gasteiger partial charge in [0.15, 0.2) is 0 Å². The van der Waals surface area contributed by atoms with Gasteiger partial charge in [-0.3, -0.25) is 18.6 Å². The summed E-state index contributed by atoms with van der Waals surface area (Å²) in [6, 6.07) is -0.914. The topological polar surface area (TPSA) is 111 Å². The smallest absolute Gasteiger partial charge is 0.456 e. The first kappa shape index (κ1) is 68.6. The number of phosphoric ester groups is 1. The van der Waals surface area contributed by atoms with Gasteiger partial charge in [0.1, 0.15) is 19.3 Å². The highest BCUT2D eigenvalue weighted by atomic mass is 31.2. The summed E-state index contributed by atoms with van der Waals surface area (Å²) in [4.78, 5) is 37.5. The maximum atomic E-state index is 13.5. The number of nitrogens with zero attached hydrogens (tertiary/aromatic N) is 1. The molecule has 0 aromatic rings. The molecule has 0 aromatic carbocycles. The molecule has 0 bridgehead atoms. The Morgan fingerprint density at radius 2 is 0.959 bits per heavy atom. The van der Waals surface area contributed by atoms with Crippen LogP contribution in [-0.4, -0.2) is 74.3 Å². The fraction of sp³-hybridized carbons (Fsp3) is 0.556. The van der Waals surface area contributed by atoms with Crippen LogP contribution in [0.2, 0.25) is 0 Å². The Labute approximate surface area is 446 Å². The second-order valence-corrected chi connectivity index (χ2v) is 20.6. The quantitative estimate of drug-likeness (QED) is 0.0156. The summed E-state index contributed by atoms with van der Waals surface area (Å²) >= 11 is 0. The average molecular weight is 1030 g/mol. The minimum atomic E-state index is -4.48. The molecular formula is C63H102N2O7P+. The second kappa shape index (κ2) is 51.1. The van der Waals surface area contributed by atoms with Crippen LogP contribution in [0.3, 0.4) is 0 Å². The van der Waals surface area contributed by atoms with Gasteiger partial charge < -0.3 is 19.4 Å². The van der Waals surface area contributed by atoms with Crippen LogP contribution in [0, 0.1) is 0 Å². The number of hydrogen-bond acceptors (Lipinski definition) is 6. The molecule has 0 saturated carbocycles. The summed E-state index contributed by atoms with van der Waals surface area (Å²) in [6.45, 7) is 6.61. The first-order chi connectivity index (χ1) is 35.4. The zero-order valence-electron chi connectivity index (χ0n) is 46.5. The molecule has 0 aromatic heterocycles. The van der Waals surface area contributed by atoms with Crippen molar-refractivity contribution >= 4 is 19.7 Å². The van der Waals surface area contributed by atoms with Gasteiger partial charge in [0.25, 0.3) is 0 Å². The number of carbonyl (C=O) groups excluding carboxylic acids is 2. The molecule has 0 radical (unpaired) electrons. The Kier molecular flexibility index (Phi) is 48.1. The summed E-state index contributed by atoms with van der Waals surface area (Å²) in [5.74, 6) is -0.673. The van der Waals surface area contributed by atoms with Crippen molar-refractivity contribution in [3.63, 3.8) is 0 Å². The summed E-state index contributed by atoms with van der Waals surface area (Å²) in [7, 11) is 1.39. The normalized spacial score (nSPS) is 15.0. The highest BCUT2D eigenvalue weighted by Gasteiger charge is 2.30. The van der Waals surface area contributed by atoms with E-state index < -0.39 is 25.9 Å². The van der Waals surface area contributed by atoms with E-state index in [0.717, 1.165) is 83.5 Å². The van der Waals surface area contributed by atoms with Crippen LogP contribution in [0.15, 0.2) is 158 Å². The van der Waals surface area contributed by atoms with Gasteiger partial charge in [0, 0.05) is 12.8 Å². The van der Waals surface area contributed by atoms with E-state index in [4.69, 9.17) is 13.8 Å². The van der Waals surface area contributed by atoms with Gasteiger partial charge in [-0.2, -0.15) is 0 Å². The van der Waals surface area contributed by atoms with Crippen LogP contribution in [0.25, 0.3) is 0 Å². The molecule has 410 valence electrons. The van der Waals surface area contributed by atoms with Crippen LogP contribution in [0.4, 0.5) is 0 Å². The molecule has 0 aliphatic rings. The van der Waals surface area contributed by atoms with Gasteiger partial charge in [-0.25, -0.2) is 4.57 Å². The summed E-state index contributed by atoms with van der Waals surface area (Å²) in [5, 5.41) is 2.99. The maximum Gasteiger partial charge on any atom is 0.472 e. The minimum Gasteiger partial charge on any atom is -0.456 e. The molecule has 0 rings (SSSR count). The van der Waals surface area contributed by atoms with Gasteiger partial charge in [0.05, 0.1) is 33.8 Å². The third kappa shape index (κ3) is 52.3. The van der Waals surface area contributed by atoms with E-state index >= 15 is 0 Å². The molecule has 3 unspecified atom stereocenters. The number of nitrogens with one attached hydrogen (secondary N) is 1. The number of esters is 1. The van der Waals surface area contributed by atoms with Crippen LogP contribution >= 0.6 is 7.82 Å². The maximum absolute atomic E-state index is 13.5. The molecule has 2 N–H and O–H groups in total. The van der Waals surface area contributed by atoms with E-state index in [1.807, 2.05) is 100 Å². The molecule has 0 heterocycles. The van der Waals surface area contributed by atoms with Crippen molar-refractivity contribution in [3.8, 4) is 0 Å². The van der Waals surface area contributed by atoms with Crippen molar-refractivity contribution in [1.29, 1.82) is 0 Å². The zero-order valence-corrected chi connectivity index (χ0v) is 47.4. The molecule has 0 aliphatic heterocycles. The number of quaternary nitrogens is 1. The second-order valence-electron chi connectivity index (χ2n) is 19.1. The lowest BCUT2D eigenvalue weighted by molar-refractivity contribution is -0.870. The van der Waals surface area contributed by atoms with Crippen LogP contribution in [0.1, 0.15) is 175 Å². The monoisotopic (exact) mass is 1030 g/mol. The van der Waals surface area contributed by atoms with Gasteiger partial charge in [-0.15, -0.1) is 0 Å². The molecule has 0 fully saturated rings. The van der Waals surface area contributed by atoms with Crippen molar-refractivity contribution in [2.75, 3.05) is 40.9 Å². The Morgan fingerprint density at radius 1 is 0.507 bits per heavy atom. The van der Waals surface area contributed by atoms with Crippen molar-refractivity contribution in [2.45, 2.75) is 187 Å². The lowest BCUT2D eigenvalue weighted by Crippen LogP contribution is -2.47. The Morgan fingerprint density at radius 3 is 1.48 bits per heavy atom. The fourth-order valence-corrected chi connectivity index (χ4v) is 7.61. The third-order valence-electron chi connectivity index (χ3n) is 11.1. The first-order valence-electron chi connectivity index (χ1n) is 27.9. The number of carbonyl (C=O) groups is 2. The number of unbranched alkanes of at least 4 members (excludes halogenated alkanes) is 12. The minimum absolute atomic E-state index is 0.00964. The van der Waals surface area contributed by atoms with Crippen LogP contribution in [0.5, 0.6) is 0 Å². The van der Waals surface area contributed by atoms with Gasteiger partial charge >= 0.3 is 13.8 Å². The van der Waals surface area contributed by atoms with Gasteiger partial charge in [-0.1, -0.05) is 230 Å². The molecular weight excluding hydrogens is 928 g/mol. The molecule has 9 nitrogen and oxygen atoms in total. The molecule has 73 heavy (non-hydrogen) atoms. The largest absolute Gasteiger partial charge is 0.472 e. The lowest BCUT2D eigenvalue weighted by Gasteiger charge is -2.27. The summed E-state index contributed by atoms with van der Waals surface area (Å²) in [5.41, 5.74) is 0. The first-order valence-corrected chi connectivity index (χ1v) is 29.4. The Bertz CT molecular complexity index is 1800. The molecule has 10 heteroatoms. The molecule has 0 spiro atoms. The number of amides is 1. The van der Waals surface area contributed by atoms with Crippen molar-refractivity contribution in [1.82, 2.24) is 5.32 Å². The van der Waals surface area contributed by atoms with Crippen molar-refractivity contribution in [3.05, 3.63) is 158 Å². The van der Waals surface area contributed by atoms with E-state index in [-0.39, 0.29) is 32.0 Å². The number of hydrogen-bond donors (Lipinski definition) is 2. The highest BCUT2D eigenvalue weighted by molar-refractivity contribution is 7.47. The van der Waals surface area contributed by atoms with E-state index in [9.17, 15) is 19.0 Å². The van der Waals surface area contributed by atoms with Crippen molar-refractivity contribution in [2.24, 2.45) is 0 Å². The number of rotatable bonds is 47. The van der Waals surface area contributed by atoms with E-state index in [1.165, 1.54) is 44.9 Å². The summed E-state index contributed by atoms with van der Waals surface area (Å²) in [6.07, 6.45) is 75.4. The predicted octanol–water partition coefficient (Wildman–Crippen LogP) is 16.9. The fourth-order valence-electron chi connectivity index (χ4n) is 6.88. The SMILES string of the molecule is CC\C=C/C=C/C=C/C=C\C=C\C=C\CCCCCC(=O)NC(COP(=O)(O)OCC[N+](C)(C)C)C(/C=C/CCCCCCCCCCC)OC(=O)CC/C=C\C/C=C\C/C=C\C/C=C\C/C=C\C/C=C\CC.